The minimum atomic E-state index is -1.59. The number of carbonyl (C=O) groups is 2. The zero-order valence-electron chi connectivity index (χ0n) is 24.4. The summed E-state index contributed by atoms with van der Waals surface area (Å²) in [6.07, 6.45) is -1.04. The fraction of sp³-hybridized carbons (Fsp3) is 0.312. The maximum Gasteiger partial charge on any atom is 0.410 e. The number of aromatic nitrogens is 1. The van der Waals surface area contributed by atoms with Crippen LogP contribution in [-0.4, -0.2) is 46.7 Å². The number of nitrogens with one attached hydrogen (secondary N) is 2. The molecule has 2 aliphatic rings. The summed E-state index contributed by atoms with van der Waals surface area (Å²) in [5.74, 6) is -6.37. The third-order valence-electron chi connectivity index (χ3n) is 7.70. The first-order valence-corrected chi connectivity index (χ1v) is 14.1. The molecular weight excluding hydrogens is 580 g/mol. The van der Waals surface area contributed by atoms with Gasteiger partial charge in [0.2, 0.25) is 12.1 Å². The van der Waals surface area contributed by atoms with E-state index in [4.69, 9.17) is 9.47 Å². The molecule has 1 fully saturated rings. The number of hydrogen-bond donors (Lipinski definition) is 2. The highest BCUT2D eigenvalue weighted by atomic mass is 19.2. The SMILES string of the molecule is CNc1ccc2c(c1)OC(c1c(F)c(F)cc(F)c1F)n1c-2cc2cc(NC(=O)C3CCCN3C(=O)OC(C)(C)C)ccc21. The first kappa shape index (κ1) is 29.3. The molecule has 0 radical (unpaired) electrons. The summed E-state index contributed by atoms with van der Waals surface area (Å²) in [4.78, 5) is 27.4. The number of nitrogens with zero attached hydrogens (tertiary/aromatic N) is 2. The molecule has 0 spiro atoms. The van der Waals surface area contributed by atoms with Crippen LogP contribution in [0.5, 0.6) is 5.75 Å². The fourth-order valence-corrected chi connectivity index (χ4v) is 5.73. The van der Waals surface area contributed by atoms with Gasteiger partial charge in [0, 0.05) is 48.0 Å². The van der Waals surface area contributed by atoms with Crippen molar-refractivity contribution in [2.75, 3.05) is 24.2 Å². The highest BCUT2D eigenvalue weighted by molar-refractivity contribution is 5.99. The molecule has 0 saturated carbocycles. The summed E-state index contributed by atoms with van der Waals surface area (Å²) < 4.78 is 71.9. The van der Waals surface area contributed by atoms with Crippen LogP contribution in [0.4, 0.5) is 33.7 Å². The Balaban J connectivity index is 1.40. The molecule has 4 aromatic rings. The van der Waals surface area contributed by atoms with Gasteiger partial charge in [-0.2, -0.15) is 0 Å². The second-order valence-corrected chi connectivity index (χ2v) is 11.8. The largest absolute Gasteiger partial charge is 0.465 e. The third kappa shape index (κ3) is 5.07. The molecule has 1 aromatic heterocycles. The van der Waals surface area contributed by atoms with Crippen LogP contribution in [0.25, 0.3) is 22.2 Å². The Hall–Kier alpha value is -4.74. The Morgan fingerprint density at radius 3 is 2.34 bits per heavy atom. The quantitative estimate of drug-likeness (QED) is 0.189. The topological polar surface area (TPSA) is 84.8 Å². The van der Waals surface area contributed by atoms with Crippen molar-refractivity contribution in [1.82, 2.24) is 9.47 Å². The number of fused-ring (bicyclic) bond motifs is 5. The number of amides is 2. The lowest BCUT2D eigenvalue weighted by Crippen LogP contribution is -2.45. The Morgan fingerprint density at radius 2 is 1.66 bits per heavy atom. The van der Waals surface area contributed by atoms with Gasteiger partial charge in [0.05, 0.1) is 16.8 Å². The molecule has 230 valence electrons. The van der Waals surface area contributed by atoms with Crippen LogP contribution in [0.2, 0.25) is 0 Å². The normalized spacial score (nSPS) is 17.6. The summed E-state index contributed by atoms with van der Waals surface area (Å²) in [7, 11) is 1.69. The average Bonchev–Trinajstić information content (AvgIpc) is 3.61. The summed E-state index contributed by atoms with van der Waals surface area (Å²) in [6.45, 7) is 5.65. The van der Waals surface area contributed by atoms with Gasteiger partial charge in [-0.1, -0.05) is 0 Å². The molecule has 1 saturated heterocycles. The molecule has 3 aromatic carbocycles. The predicted octanol–water partition coefficient (Wildman–Crippen LogP) is 7.18. The predicted molar refractivity (Wildman–Crippen MR) is 157 cm³/mol. The van der Waals surface area contributed by atoms with Crippen LogP contribution < -0.4 is 15.4 Å². The summed E-state index contributed by atoms with van der Waals surface area (Å²) in [6, 6.07) is 11.2. The molecule has 8 nitrogen and oxygen atoms in total. The van der Waals surface area contributed by atoms with E-state index < -0.39 is 52.8 Å². The van der Waals surface area contributed by atoms with Gasteiger partial charge in [-0.05, 0) is 70.0 Å². The molecule has 2 atom stereocenters. The van der Waals surface area contributed by atoms with Gasteiger partial charge in [-0.25, -0.2) is 22.4 Å². The number of ether oxygens (including phenoxy) is 2. The molecule has 0 bridgehead atoms. The van der Waals surface area contributed by atoms with Crippen LogP contribution in [0.15, 0.2) is 48.5 Å². The van der Waals surface area contributed by atoms with Crippen LogP contribution in [0.1, 0.15) is 45.4 Å². The Kier molecular flexibility index (Phi) is 7.17. The molecule has 3 heterocycles. The second-order valence-electron chi connectivity index (χ2n) is 11.8. The van der Waals surface area contributed by atoms with Gasteiger partial charge in [0.15, 0.2) is 23.3 Å². The van der Waals surface area contributed by atoms with Crippen LogP contribution in [0, 0.1) is 23.3 Å². The van der Waals surface area contributed by atoms with E-state index in [1.54, 1.807) is 70.3 Å². The van der Waals surface area contributed by atoms with Gasteiger partial charge < -0.3 is 24.7 Å². The van der Waals surface area contributed by atoms with Crippen molar-refractivity contribution in [1.29, 1.82) is 0 Å². The minimum Gasteiger partial charge on any atom is -0.465 e. The number of benzene rings is 3. The van der Waals surface area contributed by atoms with Crippen molar-refractivity contribution in [3.63, 3.8) is 0 Å². The number of carbonyl (C=O) groups excluding carboxylic acids is 2. The van der Waals surface area contributed by atoms with Crippen LogP contribution >= 0.6 is 0 Å². The van der Waals surface area contributed by atoms with E-state index in [1.807, 2.05) is 0 Å². The van der Waals surface area contributed by atoms with Crippen molar-refractivity contribution in [3.05, 3.63) is 77.4 Å². The van der Waals surface area contributed by atoms with Gasteiger partial charge in [0.25, 0.3) is 0 Å². The molecule has 44 heavy (non-hydrogen) atoms. The van der Waals surface area contributed by atoms with E-state index in [9.17, 15) is 18.4 Å². The van der Waals surface area contributed by atoms with Gasteiger partial charge in [0.1, 0.15) is 17.4 Å². The van der Waals surface area contributed by atoms with E-state index >= 15 is 8.78 Å². The number of rotatable bonds is 4. The van der Waals surface area contributed by atoms with E-state index in [-0.39, 0.29) is 17.7 Å². The van der Waals surface area contributed by atoms with Crippen molar-refractivity contribution in [2.24, 2.45) is 0 Å². The maximum atomic E-state index is 15.1. The lowest BCUT2D eigenvalue weighted by Gasteiger charge is -2.31. The molecule has 6 rings (SSSR count). The molecule has 0 aliphatic carbocycles. The number of halogens is 4. The summed E-state index contributed by atoms with van der Waals surface area (Å²) >= 11 is 0. The van der Waals surface area contributed by atoms with Crippen molar-refractivity contribution in [3.8, 4) is 17.0 Å². The highest BCUT2D eigenvalue weighted by Gasteiger charge is 2.38. The number of hydrogen-bond acceptors (Lipinski definition) is 5. The first-order valence-electron chi connectivity index (χ1n) is 14.1. The van der Waals surface area contributed by atoms with E-state index in [0.29, 0.717) is 52.9 Å². The molecule has 2 aliphatic heterocycles. The minimum absolute atomic E-state index is 0.155. The lowest BCUT2D eigenvalue weighted by atomic mass is 10.1. The molecule has 12 heteroatoms. The van der Waals surface area contributed by atoms with E-state index in [1.165, 1.54) is 9.47 Å². The fourth-order valence-electron chi connectivity index (χ4n) is 5.73. The Morgan fingerprint density at radius 1 is 0.955 bits per heavy atom. The molecule has 2 N–H and O–H groups in total. The average molecular weight is 611 g/mol. The van der Waals surface area contributed by atoms with Gasteiger partial charge in [-0.15, -0.1) is 0 Å². The zero-order chi connectivity index (χ0) is 31.5. The number of likely N-dealkylation sites (tertiary alicyclic amines) is 1. The molecule has 2 amide bonds. The standard InChI is InChI=1S/C32H30F4N4O4/c1-32(2,3)44-31(42)39-11-5-6-23(39)29(41)38-18-8-10-22-16(12-18)13-24-19-9-7-17(37-4)14-25(19)43-30(40(22)24)26-27(35)20(33)15-21(34)28(26)36/h7-10,12-15,23,30,37H,5-6,11H2,1-4H3,(H,38,41). The monoisotopic (exact) mass is 610 g/mol. The number of anilines is 2. The van der Waals surface area contributed by atoms with Gasteiger partial charge >= 0.3 is 6.09 Å². The summed E-state index contributed by atoms with van der Waals surface area (Å²) in [5.41, 5.74) is 0.938. The second kappa shape index (κ2) is 10.8. The smallest absolute Gasteiger partial charge is 0.410 e. The zero-order valence-corrected chi connectivity index (χ0v) is 24.4. The molecular formula is C32H30F4N4O4. The van der Waals surface area contributed by atoms with E-state index in [2.05, 4.69) is 10.6 Å². The van der Waals surface area contributed by atoms with Crippen molar-refractivity contribution < 1.29 is 36.6 Å². The highest BCUT2D eigenvalue weighted by Crippen LogP contribution is 2.46. The maximum absolute atomic E-state index is 15.1. The van der Waals surface area contributed by atoms with Crippen LogP contribution in [0.3, 0.4) is 0 Å². The van der Waals surface area contributed by atoms with Crippen molar-refractivity contribution >= 4 is 34.3 Å². The van der Waals surface area contributed by atoms with E-state index in [0.717, 1.165) is 0 Å². The van der Waals surface area contributed by atoms with Gasteiger partial charge in [-0.3, -0.25) is 9.69 Å². The molecule has 2 unspecified atom stereocenters. The Labute approximate surface area is 250 Å². The van der Waals surface area contributed by atoms with Crippen LogP contribution in [-0.2, 0) is 9.53 Å². The van der Waals surface area contributed by atoms with Crippen molar-refractivity contribution in [2.45, 2.75) is 51.5 Å². The lowest BCUT2D eigenvalue weighted by molar-refractivity contribution is -0.120. The third-order valence-corrected chi connectivity index (χ3v) is 7.70. The summed E-state index contributed by atoms with van der Waals surface area (Å²) in [5, 5.41) is 6.38. The first-order chi connectivity index (χ1) is 20.9. The Bertz CT molecular complexity index is 1790.